The summed E-state index contributed by atoms with van der Waals surface area (Å²) in [6.45, 7) is 7.80. The maximum atomic E-state index is 4.73. The van der Waals surface area contributed by atoms with Gasteiger partial charge in [-0.05, 0) is 38.1 Å². The first-order chi connectivity index (χ1) is 12.6. The highest BCUT2D eigenvalue weighted by atomic mass is 32.1. The highest BCUT2D eigenvalue weighted by Gasteiger charge is 2.08. The van der Waals surface area contributed by atoms with Crippen molar-refractivity contribution in [1.82, 2.24) is 25.4 Å². The summed E-state index contributed by atoms with van der Waals surface area (Å²) in [6.07, 6.45) is 5.94. The van der Waals surface area contributed by atoms with E-state index in [1.54, 1.807) is 11.3 Å². The molecule has 0 aromatic carbocycles. The number of hydrogen-bond acceptors (Lipinski definition) is 4. The van der Waals surface area contributed by atoms with E-state index in [1.807, 2.05) is 18.5 Å². The third-order valence-electron chi connectivity index (χ3n) is 4.43. The van der Waals surface area contributed by atoms with Crippen LogP contribution >= 0.6 is 11.3 Å². The molecule has 1 unspecified atom stereocenters. The normalized spacial score (nSPS) is 13.0. The van der Waals surface area contributed by atoms with E-state index >= 15 is 0 Å². The minimum absolute atomic E-state index is 0.399. The molecule has 0 bridgehead atoms. The molecule has 0 amide bonds. The number of thiophene rings is 1. The molecule has 0 fully saturated rings. The molecule has 26 heavy (non-hydrogen) atoms. The van der Waals surface area contributed by atoms with E-state index < -0.39 is 0 Å². The summed E-state index contributed by atoms with van der Waals surface area (Å²) in [5, 5.41) is 17.4. The second-order valence-electron chi connectivity index (χ2n) is 6.68. The van der Waals surface area contributed by atoms with Crippen LogP contribution in [-0.4, -0.2) is 33.3 Å². The number of nitrogens with zero attached hydrogens (tertiary/aromatic N) is 4. The number of hydrogen-bond donors (Lipinski definition) is 2. The third kappa shape index (κ3) is 6.78. The second-order valence-corrected chi connectivity index (χ2v) is 7.72. The molecule has 144 valence electrons. The summed E-state index contributed by atoms with van der Waals surface area (Å²) in [5.74, 6) is 2.63. The molecule has 7 heteroatoms. The van der Waals surface area contributed by atoms with Crippen LogP contribution in [-0.2, 0) is 20.0 Å². The number of nitrogens with one attached hydrogen (secondary N) is 2. The second kappa shape index (κ2) is 11.0. The van der Waals surface area contributed by atoms with Gasteiger partial charge < -0.3 is 15.2 Å². The number of rotatable bonds is 10. The Labute approximate surface area is 161 Å². The smallest absolute Gasteiger partial charge is 0.191 e. The third-order valence-corrected chi connectivity index (χ3v) is 5.37. The molecule has 2 aromatic rings. The van der Waals surface area contributed by atoms with Crippen LogP contribution in [0.25, 0.3) is 0 Å². The molecule has 2 rings (SSSR count). The van der Waals surface area contributed by atoms with Gasteiger partial charge in [0.2, 0.25) is 0 Å². The lowest BCUT2D eigenvalue weighted by Crippen LogP contribution is -2.43. The molecule has 0 saturated carbocycles. The van der Waals surface area contributed by atoms with Gasteiger partial charge >= 0.3 is 0 Å². The Morgan fingerprint density at radius 3 is 2.85 bits per heavy atom. The Hall–Kier alpha value is -1.89. The fourth-order valence-electron chi connectivity index (χ4n) is 2.66. The van der Waals surface area contributed by atoms with Gasteiger partial charge in [-0.1, -0.05) is 32.3 Å². The average molecular weight is 377 g/mol. The van der Waals surface area contributed by atoms with E-state index in [0.29, 0.717) is 12.6 Å². The van der Waals surface area contributed by atoms with Crippen LogP contribution in [0.1, 0.15) is 56.1 Å². The molecule has 0 aliphatic carbocycles. The number of aromatic nitrogens is 3. The molecule has 1 atom stereocenters. The Morgan fingerprint density at radius 2 is 2.19 bits per heavy atom. The topological polar surface area (TPSA) is 67.1 Å². The molecule has 2 N–H and O–H groups in total. The lowest BCUT2D eigenvalue weighted by Gasteiger charge is -2.18. The number of aliphatic imine (C=N–C) groups is 1. The molecule has 2 aromatic heterocycles. The van der Waals surface area contributed by atoms with E-state index in [0.717, 1.165) is 37.0 Å². The minimum atomic E-state index is 0.399. The zero-order valence-corrected chi connectivity index (χ0v) is 17.3. The van der Waals surface area contributed by atoms with Crippen molar-refractivity contribution in [3.63, 3.8) is 0 Å². The van der Waals surface area contributed by atoms with Crippen LogP contribution in [0.4, 0.5) is 0 Å². The van der Waals surface area contributed by atoms with Gasteiger partial charge in [0.1, 0.15) is 12.4 Å². The van der Waals surface area contributed by atoms with Crippen LogP contribution in [0.15, 0.2) is 22.5 Å². The molecule has 0 radical (unpaired) electrons. The SMILES string of the molecule is CCCCCC(C)NC(=NCc1nnc(C)n1C)NCCc1cccs1. The van der Waals surface area contributed by atoms with Crippen molar-refractivity contribution < 1.29 is 0 Å². The fraction of sp³-hybridized carbons (Fsp3) is 0.632. The van der Waals surface area contributed by atoms with Gasteiger partial charge in [0.05, 0.1) is 0 Å². The standard InChI is InChI=1S/C19H32N6S/c1-5-6-7-9-15(2)22-19(20-12-11-17-10-8-13-26-17)21-14-18-24-23-16(3)25(18)4/h8,10,13,15H,5-7,9,11-12,14H2,1-4H3,(H2,20,21,22). The molecular weight excluding hydrogens is 344 g/mol. The van der Waals surface area contributed by atoms with Crippen molar-refractivity contribution in [1.29, 1.82) is 0 Å². The molecule has 0 aliphatic rings. The minimum Gasteiger partial charge on any atom is -0.356 e. The Morgan fingerprint density at radius 1 is 1.35 bits per heavy atom. The maximum absolute atomic E-state index is 4.73. The van der Waals surface area contributed by atoms with Crippen molar-refractivity contribution >= 4 is 17.3 Å². The zero-order chi connectivity index (χ0) is 18.8. The first kappa shape index (κ1) is 20.4. The van der Waals surface area contributed by atoms with Gasteiger partial charge in [0.15, 0.2) is 11.8 Å². The summed E-state index contributed by atoms with van der Waals surface area (Å²) < 4.78 is 1.98. The summed E-state index contributed by atoms with van der Waals surface area (Å²) in [4.78, 5) is 6.12. The lowest BCUT2D eigenvalue weighted by molar-refractivity contribution is 0.545. The summed E-state index contributed by atoms with van der Waals surface area (Å²) in [7, 11) is 1.98. The fourth-order valence-corrected chi connectivity index (χ4v) is 3.37. The predicted octanol–water partition coefficient (Wildman–Crippen LogP) is 3.43. The number of aryl methyl sites for hydroxylation is 1. The monoisotopic (exact) mass is 376 g/mol. The van der Waals surface area contributed by atoms with Gasteiger partial charge in [0, 0.05) is 24.5 Å². The zero-order valence-electron chi connectivity index (χ0n) is 16.5. The Kier molecular flexibility index (Phi) is 8.61. The predicted molar refractivity (Wildman–Crippen MR) is 110 cm³/mol. The first-order valence-electron chi connectivity index (χ1n) is 9.52. The van der Waals surface area contributed by atoms with E-state index in [4.69, 9.17) is 4.99 Å². The van der Waals surface area contributed by atoms with Gasteiger partial charge in [-0.25, -0.2) is 4.99 Å². The number of guanidine groups is 1. The quantitative estimate of drug-likeness (QED) is 0.379. The molecule has 0 saturated heterocycles. The molecular formula is C19H32N6S. The Balaban J connectivity index is 1.92. The van der Waals surface area contributed by atoms with Crippen molar-refractivity contribution in [2.24, 2.45) is 12.0 Å². The van der Waals surface area contributed by atoms with E-state index in [1.165, 1.54) is 24.1 Å². The van der Waals surface area contributed by atoms with Crippen LogP contribution in [0, 0.1) is 6.92 Å². The van der Waals surface area contributed by atoms with Gasteiger partial charge in [-0.2, -0.15) is 0 Å². The molecule has 0 spiro atoms. The van der Waals surface area contributed by atoms with Crippen LogP contribution in [0.3, 0.4) is 0 Å². The number of unbranched alkanes of at least 4 members (excludes halogenated alkanes) is 2. The van der Waals surface area contributed by atoms with Crippen molar-refractivity contribution in [3.8, 4) is 0 Å². The van der Waals surface area contributed by atoms with Gasteiger partial charge in [-0.15, -0.1) is 21.5 Å². The van der Waals surface area contributed by atoms with E-state index in [9.17, 15) is 0 Å². The summed E-state index contributed by atoms with van der Waals surface area (Å²) in [6, 6.07) is 4.67. The van der Waals surface area contributed by atoms with Crippen LogP contribution in [0.2, 0.25) is 0 Å². The van der Waals surface area contributed by atoms with Crippen LogP contribution in [0.5, 0.6) is 0 Å². The van der Waals surface area contributed by atoms with E-state index in [2.05, 4.69) is 52.2 Å². The molecule has 2 heterocycles. The lowest BCUT2D eigenvalue weighted by atomic mass is 10.1. The van der Waals surface area contributed by atoms with E-state index in [-0.39, 0.29) is 0 Å². The highest BCUT2D eigenvalue weighted by molar-refractivity contribution is 7.09. The summed E-state index contributed by atoms with van der Waals surface area (Å²) >= 11 is 1.80. The van der Waals surface area contributed by atoms with Crippen LogP contribution < -0.4 is 10.6 Å². The molecule has 6 nitrogen and oxygen atoms in total. The maximum Gasteiger partial charge on any atom is 0.191 e. The summed E-state index contributed by atoms with van der Waals surface area (Å²) in [5.41, 5.74) is 0. The first-order valence-corrected chi connectivity index (χ1v) is 10.4. The van der Waals surface area contributed by atoms with Crippen molar-refractivity contribution in [3.05, 3.63) is 34.0 Å². The average Bonchev–Trinajstić information content (AvgIpc) is 3.24. The molecule has 0 aliphatic heterocycles. The van der Waals surface area contributed by atoms with Gasteiger partial charge in [0.25, 0.3) is 0 Å². The Bertz CT molecular complexity index is 662. The van der Waals surface area contributed by atoms with Crippen molar-refractivity contribution in [2.45, 2.75) is 65.5 Å². The van der Waals surface area contributed by atoms with Gasteiger partial charge in [-0.3, -0.25) is 0 Å². The van der Waals surface area contributed by atoms with Crippen molar-refractivity contribution in [2.75, 3.05) is 6.54 Å². The largest absolute Gasteiger partial charge is 0.356 e. The highest BCUT2D eigenvalue weighted by Crippen LogP contribution is 2.08.